The van der Waals surface area contributed by atoms with Crippen LogP contribution in [0.15, 0.2) is 54.6 Å². The van der Waals surface area contributed by atoms with E-state index >= 15 is 0 Å². The minimum atomic E-state index is -0.248. The summed E-state index contributed by atoms with van der Waals surface area (Å²) in [6, 6.07) is 15.8. The monoisotopic (exact) mass is 477 g/mol. The average molecular weight is 478 g/mol. The Bertz CT molecular complexity index is 1250. The molecule has 3 nitrogen and oxygen atoms in total. The molecule has 0 aliphatic heterocycles. The van der Waals surface area contributed by atoms with Gasteiger partial charge in [0.05, 0.1) is 5.02 Å². The first-order valence-corrected chi connectivity index (χ1v) is 12.0. The van der Waals surface area contributed by atoms with Crippen LogP contribution >= 0.6 is 11.6 Å². The number of carbonyl (C=O) groups is 2. The summed E-state index contributed by atoms with van der Waals surface area (Å²) in [6.45, 7) is 8.09. The SMILES string of the molecule is Cc1cc(C(C)c2cccc(F)c2)cc(C)c1CC(=O)c1cc(NC(=O)C2CC2C)ccc1Cl. The maximum atomic E-state index is 13.7. The number of aryl methyl sites for hydroxylation is 2. The Kier molecular flexibility index (Phi) is 6.90. The van der Waals surface area contributed by atoms with Gasteiger partial charge in [0, 0.05) is 29.5 Å². The van der Waals surface area contributed by atoms with Crippen LogP contribution in [0.25, 0.3) is 0 Å². The highest BCUT2D eigenvalue weighted by atomic mass is 35.5. The van der Waals surface area contributed by atoms with E-state index in [1.54, 1.807) is 30.3 Å². The number of nitrogens with one attached hydrogen (secondary N) is 1. The van der Waals surface area contributed by atoms with Gasteiger partial charge in [-0.05, 0) is 84.3 Å². The maximum Gasteiger partial charge on any atom is 0.227 e. The summed E-state index contributed by atoms with van der Waals surface area (Å²) in [5.74, 6) is 0.129. The number of hydrogen-bond acceptors (Lipinski definition) is 2. The molecule has 1 aliphatic carbocycles. The Morgan fingerprint density at radius 1 is 1.06 bits per heavy atom. The average Bonchev–Trinajstić information content (AvgIpc) is 3.53. The third-order valence-electron chi connectivity index (χ3n) is 6.88. The van der Waals surface area contributed by atoms with Gasteiger partial charge < -0.3 is 5.32 Å². The predicted molar refractivity (Wildman–Crippen MR) is 135 cm³/mol. The molecule has 1 saturated carbocycles. The van der Waals surface area contributed by atoms with Gasteiger partial charge in [0.15, 0.2) is 5.78 Å². The molecule has 3 aromatic carbocycles. The standard InChI is InChI=1S/C29H29ClFNO2/c1-16-10-21(19(4)20-6-5-7-22(31)13-20)11-17(2)24(16)15-28(33)26-14-23(8-9-27(26)30)32-29(34)25-12-18(25)3/h5-11,13-14,18-19,25H,12,15H2,1-4H3,(H,32,34). The fourth-order valence-electron chi connectivity index (χ4n) is 4.52. The van der Waals surface area contributed by atoms with E-state index in [2.05, 4.69) is 31.3 Å². The van der Waals surface area contributed by atoms with E-state index in [0.29, 0.717) is 22.2 Å². The molecule has 5 heteroatoms. The van der Waals surface area contributed by atoms with E-state index in [-0.39, 0.29) is 35.8 Å². The molecule has 1 fully saturated rings. The molecule has 0 heterocycles. The van der Waals surface area contributed by atoms with Crippen LogP contribution in [0.2, 0.25) is 5.02 Å². The lowest BCUT2D eigenvalue weighted by Gasteiger charge is -2.18. The molecule has 1 N–H and O–H groups in total. The fraction of sp³-hybridized carbons (Fsp3) is 0.310. The van der Waals surface area contributed by atoms with E-state index in [9.17, 15) is 14.0 Å². The first-order valence-electron chi connectivity index (χ1n) is 11.6. The number of halogens is 2. The van der Waals surface area contributed by atoms with Gasteiger partial charge in [0.2, 0.25) is 5.91 Å². The van der Waals surface area contributed by atoms with Gasteiger partial charge in [0.25, 0.3) is 0 Å². The van der Waals surface area contributed by atoms with Crippen molar-refractivity contribution in [3.05, 3.63) is 98.8 Å². The highest BCUT2D eigenvalue weighted by Crippen LogP contribution is 2.38. The van der Waals surface area contributed by atoms with Crippen molar-refractivity contribution >= 4 is 29.0 Å². The van der Waals surface area contributed by atoms with Crippen LogP contribution in [0.3, 0.4) is 0 Å². The van der Waals surface area contributed by atoms with Crippen LogP contribution < -0.4 is 5.32 Å². The molecule has 34 heavy (non-hydrogen) atoms. The van der Waals surface area contributed by atoms with Gasteiger partial charge in [-0.3, -0.25) is 9.59 Å². The first kappa shape index (κ1) is 24.2. The second-order valence-electron chi connectivity index (χ2n) is 9.51. The van der Waals surface area contributed by atoms with E-state index < -0.39 is 0 Å². The lowest BCUT2D eigenvalue weighted by molar-refractivity contribution is -0.117. The lowest BCUT2D eigenvalue weighted by atomic mass is 9.87. The van der Waals surface area contributed by atoms with Crippen molar-refractivity contribution in [1.82, 2.24) is 0 Å². The molecule has 3 unspecified atom stereocenters. The maximum absolute atomic E-state index is 13.7. The number of amides is 1. The number of Topliss-reactive ketones (excluding diaryl/α,β-unsaturated/α-hetero) is 1. The van der Waals surface area contributed by atoms with E-state index in [1.807, 2.05) is 19.9 Å². The van der Waals surface area contributed by atoms with Crippen LogP contribution in [0, 0.1) is 31.5 Å². The largest absolute Gasteiger partial charge is 0.326 e. The minimum absolute atomic E-state index is 0.0112. The van der Waals surface area contributed by atoms with Gasteiger partial charge in [-0.15, -0.1) is 0 Å². The Balaban J connectivity index is 1.54. The van der Waals surface area contributed by atoms with Crippen LogP contribution in [0.4, 0.5) is 10.1 Å². The third-order valence-corrected chi connectivity index (χ3v) is 7.21. The second-order valence-corrected chi connectivity index (χ2v) is 9.92. The number of carbonyl (C=O) groups excluding carboxylic acids is 2. The van der Waals surface area contributed by atoms with Crippen molar-refractivity contribution in [1.29, 1.82) is 0 Å². The van der Waals surface area contributed by atoms with Crippen molar-refractivity contribution in [2.45, 2.75) is 46.5 Å². The molecule has 0 bridgehead atoms. The van der Waals surface area contributed by atoms with Crippen LogP contribution in [0.1, 0.15) is 64.4 Å². The van der Waals surface area contributed by atoms with Gasteiger partial charge in [-0.2, -0.15) is 0 Å². The van der Waals surface area contributed by atoms with Crippen molar-refractivity contribution in [2.24, 2.45) is 11.8 Å². The zero-order valence-corrected chi connectivity index (χ0v) is 20.7. The summed E-state index contributed by atoms with van der Waals surface area (Å²) in [5.41, 5.74) is 5.95. The molecule has 0 radical (unpaired) electrons. The molecular formula is C29H29ClFNO2. The third kappa shape index (κ3) is 5.23. The van der Waals surface area contributed by atoms with Crippen molar-refractivity contribution in [3.8, 4) is 0 Å². The van der Waals surface area contributed by atoms with Crippen LogP contribution in [-0.2, 0) is 11.2 Å². The van der Waals surface area contributed by atoms with E-state index in [0.717, 1.165) is 34.2 Å². The Morgan fingerprint density at radius 3 is 2.35 bits per heavy atom. The van der Waals surface area contributed by atoms with Gasteiger partial charge >= 0.3 is 0 Å². The van der Waals surface area contributed by atoms with E-state index in [4.69, 9.17) is 11.6 Å². The summed E-state index contributed by atoms with van der Waals surface area (Å²) in [4.78, 5) is 25.5. The summed E-state index contributed by atoms with van der Waals surface area (Å²) in [5, 5.41) is 3.28. The first-order chi connectivity index (χ1) is 16.1. The number of ketones is 1. The van der Waals surface area contributed by atoms with E-state index in [1.165, 1.54) is 6.07 Å². The Labute approximate surface area is 205 Å². The van der Waals surface area contributed by atoms with Gasteiger partial charge in [-0.1, -0.05) is 49.7 Å². The molecule has 0 aromatic heterocycles. The molecule has 1 amide bonds. The zero-order valence-electron chi connectivity index (χ0n) is 19.9. The molecule has 176 valence electrons. The summed E-state index contributed by atoms with van der Waals surface area (Å²) < 4.78 is 13.7. The number of hydrogen-bond donors (Lipinski definition) is 1. The topological polar surface area (TPSA) is 46.2 Å². The Hall–Kier alpha value is -2.98. The molecule has 3 aromatic rings. The quantitative estimate of drug-likeness (QED) is 0.364. The Morgan fingerprint density at radius 2 is 1.74 bits per heavy atom. The number of benzene rings is 3. The fourth-order valence-corrected chi connectivity index (χ4v) is 4.74. The summed E-state index contributed by atoms with van der Waals surface area (Å²) in [7, 11) is 0. The molecule has 0 spiro atoms. The lowest BCUT2D eigenvalue weighted by Crippen LogP contribution is -2.15. The highest BCUT2D eigenvalue weighted by Gasteiger charge is 2.39. The molecule has 4 rings (SSSR count). The zero-order chi connectivity index (χ0) is 24.6. The molecular weight excluding hydrogens is 449 g/mol. The van der Waals surface area contributed by atoms with Crippen LogP contribution in [0.5, 0.6) is 0 Å². The minimum Gasteiger partial charge on any atom is -0.326 e. The van der Waals surface area contributed by atoms with Crippen molar-refractivity contribution in [2.75, 3.05) is 5.32 Å². The van der Waals surface area contributed by atoms with Gasteiger partial charge in [0.1, 0.15) is 5.82 Å². The number of rotatable bonds is 7. The van der Waals surface area contributed by atoms with Gasteiger partial charge in [-0.25, -0.2) is 4.39 Å². The molecule has 0 saturated heterocycles. The second kappa shape index (κ2) is 9.71. The predicted octanol–water partition coefficient (Wildman–Crippen LogP) is 7.27. The smallest absolute Gasteiger partial charge is 0.227 e. The van der Waals surface area contributed by atoms with Crippen molar-refractivity contribution in [3.63, 3.8) is 0 Å². The van der Waals surface area contributed by atoms with Crippen molar-refractivity contribution < 1.29 is 14.0 Å². The summed E-state index contributed by atoms with van der Waals surface area (Å²) in [6.07, 6.45) is 1.11. The summed E-state index contributed by atoms with van der Waals surface area (Å²) >= 11 is 6.35. The normalized spacial score (nSPS) is 17.8. The highest BCUT2D eigenvalue weighted by molar-refractivity contribution is 6.34. The van der Waals surface area contributed by atoms with Crippen LogP contribution in [-0.4, -0.2) is 11.7 Å². The molecule has 1 aliphatic rings. The molecule has 3 atom stereocenters. The number of anilines is 1.